The summed E-state index contributed by atoms with van der Waals surface area (Å²) in [5.74, 6) is -0.206. The van der Waals surface area contributed by atoms with E-state index < -0.39 is 5.91 Å². The summed E-state index contributed by atoms with van der Waals surface area (Å²) in [6.45, 7) is 7.98. The molecular weight excluding hydrogens is 346 g/mol. The molecule has 4 nitrogen and oxygen atoms in total. The predicted molar refractivity (Wildman–Crippen MR) is 107 cm³/mol. The Morgan fingerprint density at radius 3 is 2.54 bits per heavy atom. The molecule has 0 aliphatic heterocycles. The maximum absolute atomic E-state index is 12.5. The molecule has 0 atom stereocenters. The molecule has 0 heterocycles. The average molecular weight is 368 g/mol. The van der Waals surface area contributed by atoms with Gasteiger partial charge in [-0.3, -0.25) is 4.79 Å². The summed E-state index contributed by atoms with van der Waals surface area (Å²) in [7, 11) is 0. The fraction of sp³-hybridized carbons (Fsp3) is 0.238. The maximum atomic E-state index is 12.5. The van der Waals surface area contributed by atoms with Gasteiger partial charge in [0, 0.05) is 11.9 Å². The Morgan fingerprint density at radius 2 is 1.92 bits per heavy atom. The van der Waals surface area contributed by atoms with Gasteiger partial charge in [0.1, 0.15) is 11.6 Å². The lowest BCUT2D eigenvalue weighted by atomic mass is 10.0. The van der Waals surface area contributed by atoms with Crippen LogP contribution >= 0.6 is 11.6 Å². The third kappa shape index (κ3) is 4.65. The minimum absolute atomic E-state index is 0.0281. The molecule has 0 aliphatic carbocycles. The van der Waals surface area contributed by atoms with Crippen molar-refractivity contribution in [2.45, 2.75) is 33.6 Å². The summed E-state index contributed by atoms with van der Waals surface area (Å²) in [4.78, 5) is 12.5. The summed E-state index contributed by atoms with van der Waals surface area (Å²) in [5, 5.41) is 15.7. The van der Waals surface area contributed by atoms with Crippen molar-refractivity contribution in [3.8, 4) is 6.07 Å². The number of para-hydroxylation sites is 1. The summed E-state index contributed by atoms with van der Waals surface area (Å²) in [5.41, 5.74) is 4.36. The molecule has 0 unspecified atom stereocenters. The molecule has 2 aromatic carbocycles. The lowest BCUT2D eigenvalue weighted by Crippen LogP contribution is -2.16. The molecule has 0 bridgehead atoms. The summed E-state index contributed by atoms with van der Waals surface area (Å²) >= 11 is 6.25. The highest BCUT2D eigenvalue weighted by Crippen LogP contribution is 2.28. The van der Waals surface area contributed by atoms with Gasteiger partial charge in [-0.2, -0.15) is 5.26 Å². The van der Waals surface area contributed by atoms with Crippen LogP contribution in [0.4, 0.5) is 11.4 Å². The zero-order valence-electron chi connectivity index (χ0n) is 15.4. The van der Waals surface area contributed by atoms with Crippen LogP contribution in [0.1, 0.15) is 36.5 Å². The van der Waals surface area contributed by atoms with Crippen molar-refractivity contribution >= 4 is 28.9 Å². The number of hydrogen-bond donors (Lipinski definition) is 2. The zero-order chi connectivity index (χ0) is 19.3. The second-order valence-electron chi connectivity index (χ2n) is 6.45. The van der Waals surface area contributed by atoms with E-state index in [2.05, 4.69) is 24.5 Å². The Labute approximate surface area is 159 Å². The van der Waals surface area contributed by atoms with Gasteiger partial charge in [0.2, 0.25) is 0 Å². The number of amides is 1. The minimum Gasteiger partial charge on any atom is -0.359 e. The third-order valence-electron chi connectivity index (χ3n) is 3.99. The number of nitrogens with one attached hydrogen (secondary N) is 2. The second-order valence-corrected chi connectivity index (χ2v) is 6.86. The average Bonchev–Trinajstić information content (AvgIpc) is 2.57. The van der Waals surface area contributed by atoms with Crippen molar-refractivity contribution in [2.24, 2.45) is 0 Å². The number of carbonyl (C=O) groups excluding carboxylic acids is 1. The molecular formula is C21H22ClN3O. The highest BCUT2D eigenvalue weighted by molar-refractivity contribution is 6.33. The molecule has 0 aliphatic rings. The number of nitrogens with zero attached hydrogens (tertiary/aromatic N) is 1. The molecule has 0 fully saturated rings. The molecule has 0 aromatic heterocycles. The van der Waals surface area contributed by atoms with Gasteiger partial charge in [-0.25, -0.2) is 0 Å². The SMILES string of the molecule is Cc1cc(C)c(N/C=C(/C#N)C(=O)Nc2ccccc2C(C)C)c(Cl)c1. The molecule has 5 heteroatoms. The van der Waals surface area contributed by atoms with Gasteiger partial charge in [-0.15, -0.1) is 0 Å². The Morgan fingerprint density at radius 1 is 1.23 bits per heavy atom. The van der Waals surface area contributed by atoms with Crippen molar-refractivity contribution < 1.29 is 4.79 Å². The fourth-order valence-corrected chi connectivity index (χ4v) is 3.07. The summed E-state index contributed by atoms with van der Waals surface area (Å²) in [6.07, 6.45) is 1.39. The standard InChI is InChI=1S/C21H22ClN3O/c1-13(2)17-7-5-6-8-19(17)25-21(26)16(11-23)12-24-20-15(4)9-14(3)10-18(20)22/h5-10,12-13,24H,1-4H3,(H,25,26)/b16-12-. The zero-order valence-corrected chi connectivity index (χ0v) is 16.1. The number of benzene rings is 2. The predicted octanol–water partition coefficient (Wildman–Crippen LogP) is 5.54. The van der Waals surface area contributed by atoms with Crippen molar-refractivity contribution in [2.75, 3.05) is 10.6 Å². The van der Waals surface area contributed by atoms with Gasteiger partial charge in [-0.05, 0) is 48.6 Å². The van der Waals surface area contributed by atoms with Crippen molar-refractivity contribution in [3.05, 3.63) is 69.9 Å². The van der Waals surface area contributed by atoms with E-state index in [9.17, 15) is 10.1 Å². The number of halogens is 1. The van der Waals surface area contributed by atoms with Crippen LogP contribution in [0.25, 0.3) is 0 Å². The van der Waals surface area contributed by atoms with Gasteiger partial charge < -0.3 is 10.6 Å². The van der Waals surface area contributed by atoms with Crippen molar-refractivity contribution in [1.82, 2.24) is 0 Å². The van der Waals surface area contributed by atoms with E-state index in [1.807, 2.05) is 56.3 Å². The van der Waals surface area contributed by atoms with Crippen LogP contribution in [0.5, 0.6) is 0 Å². The first-order valence-corrected chi connectivity index (χ1v) is 8.75. The Bertz CT molecular complexity index is 871. The van der Waals surface area contributed by atoms with Gasteiger partial charge >= 0.3 is 0 Å². The van der Waals surface area contributed by atoms with Crippen LogP contribution in [-0.4, -0.2) is 5.91 Å². The summed E-state index contributed by atoms with van der Waals surface area (Å²) < 4.78 is 0. The smallest absolute Gasteiger partial charge is 0.267 e. The van der Waals surface area contributed by atoms with Crippen LogP contribution in [0.3, 0.4) is 0 Å². The van der Waals surface area contributed by atoms with E-state index in [0.29, 0.717) is 16.4 Å². The highest BCUT2D eigenvalue weighted by Gasteiger charge is 2.13. The van der Waals surface area contributed by atoms with Crippen molar-refractivity contribution in [3.63, 3.8) is 0 Å². The lowest BCUT2D eigenvalue weighted by molar-refractivity contribution is -0.112. The molecule has 2 aromatic rings. The molecule has 134 valence electrons. The number of hydrogen-bond acceptors (Lipinski definition) is 3. The first-order valence-electron chi connectivity index (χ1n) is 8.37. The molecule has 26 heavy (non-hydrogen) atoms. The number of rotatable bonds is 5. The van der Waals surface area contributed by atoms with Gasteiger partial charge in [-0.1, -0.05) is 49.7 Å². The fourth-order valence-electron chi connectivity index (χ4n) is 2.70. The van der Waals surface area contributed by atoms with E-state index in [-0.39, 0.29) is 11.5 Å². The molecule has 0 saturated carbocycles. The molecule has 1 amide bonds. The number of anilines is 2. The van der Waals surface area contributed by atoms with Crippen LogP contribution in [-0.2, 0) is 4.79 Å². The molecule has 0 saturated heterocycles. The Kier molecular flexibility index (Phi) is 6.43. The molecule has 2 N–H and O–H groups in total. The number of carbonyl (C=O) groups is 1. The topological polar surface area (TPSA) is 64.9 Å². The van der Waals surface area contributed by atoms with E-state index in [0.717, 1.165) is 16.7 Å². The molecule has 0 spiro atoms. The van der Waals surface area contributed by atoms with E-state index >= 15 is 0 Å². The van der Waals surface area contributed by atoms with Gasteiger partial charge in [0.05, 0.1) is 10.7 Å². The first-order chi connectivity index (χ1) is 12.3. The Hall–Kier alpha value is -2.77. The monoisotopic (exact) mass is 367 g/mol. The minimum atomic E-state index is -0.464. The molecule has 2 rings (SSSR count). The largest absolute Gasteiger partial charge is 0.359 e. The first kappa shape index (κ1) is 19.6. The van der Waals surface area contributed by atoms with E-state index in [1.165, 1.54) is 6.20 Å². The highest BCUT2D eigenvalue weighted by atomic mass is 35.5. The van der Waals surface area contributed by atoms with Gasteiger partial charge in [0.25, 0.3) is 5.91 Å². The second kappa shape index (κ2) is 8.55. The van der Waals surface area contributed by atoms with Crippen LogP contribution in [0, 0.1) is 25.2 Å². The third-order valence-corrected chi connectivity index (χ3v) is 4.29. The normalized spacial score (nSPS) is 11.2. The Balaban J connectivity index is 2.23. The van der Waals surface area contributed by atoms with Gasteiger partial charge in [0.15, 0.2) is 0 Å². The summed E-state index contributed by atoms with van der Waals surface area (Å²) in [6, 6.07) is 13.3. The lowest BCUT2D eigenvalue weighted by Gasteiger charge is -2.13. The van der Waals surface area contributed by atoms with Crippen LogP contribution in [0.2, 0.25) is 5.02 Å². The van der Waals surface area contributed by atoms with Crippen molar-refractivity contribution in [1.29, 1.82) is 5.26 Å². The number of aryl methyl sites for hydroxylation is 2. The van der Waals surface area contributed by atoms with E-state index in [1.54, 1.807) is 0 Å². The number of nitriles is 1. The van der Waals surface area contributed by atoms with Crippen LogP contribution < -0.4 is 10.6 Å². The maximum Gasteiger partial charge on any atom is 0.267 e. The molecule has 0 radical (unpaired) electrons. The van der Waals surface area contributed by atoms with E-state index in [4.69, 9.17) is 11.6 Å². The quantitative estimate of drug-likeness (QED) is 0.538. The van der Waals surface area contributed by atoms with Crippen LogP contribution in [0.15, 0.2) is 48.2 Å².